The zero-order valence-corrected chi connectivity index (χ0v) is 14.1. The first-order valence-corrected chi connectivity index (χ1v) is 8.47. The highest BCUT2D eigenvalue weighted by Crippen LogP contribution is 2.20. The van der Waals surface area contributed by atoms with E-state index in [1.165, 1.54) is 0 Å². The Morgan fingerprint density at radius 2 is 1.68 bits per heavy atom. The van der Waals surface area contributed by atoms with E-state index in [1.807, 2.05) is 0 Å². The highest BCUT2D eigenvalue weighted by Gasteiger charge is 2.20. The maximum atomic E-state index is 12.1. The molecular formula is C18H28O4. The molecule has 0 spiro atoms. The first-order chi connectivity index (χ1) is 10.6. The second-order valence-corrected chi connectivity index (χ2v) is 5.53. The van der Waals surface area contributed by atoms with E-state index in [1.54, 1.807) is 13.0 Å². The first-order valence-electron chi connectivity index (χ1n) is 8.47. The Morgan fingerprint density at radius 3 is 2.27 bits per heavy atom. The highest BCUT2D eigenvalue weighted by atomic mass is 16.5. The minimum Gasteiger partial charge on any atom is -0.460 e. The molecule has 0 aliphatic rings. The zero-order valence-electron chi connectivity index (χ0n) is 14.1. The topological polar surface area (TPSA) is 56.5 Å². The number of hydrogen-bond acceptors (Lipinski definition) is 4. The predicted octanol–water partition coefficient (Wildman–Crippen LogP) is 4.28. The minimum atomic E-state index is -0.525. The van der Waals surface area contributed by atoms with Crippen molar-refractivity contribution >= 4 is 5.97 Å². The van der Waals surface area contributed by atoms with E-state index in [2.05, 4.69) is 13.8 Å². The average molecular weight is 308 g/mol. The van der Waals surface area contributed by atoms with Crippen LogP contribution in [0.3, 0.4) is 0 Å². The van der Waals surface area contributed by atoms with Crippen LogP contribution in [-0.2, 0) is 17.6 Å². The molecular weight excluding hydrogens is 280 g/mol. The number of rotatable bonds is 10. The van der Waals surface area contributed by atoms with E-state index in [0.717, 1.165) is 62.5 Å². The van der Waals surface area contributed by atoms with E-state index >= 15 is 0 Å². The van der Waals surface area contributed by atoms with Crippen LogP contribution in [0.1, 0.15) is 81.0 Å². The van der Waals surface area contributed by atoms with Crippen molar-refractivity contribution in [2.24, 2.45) is 0 Å². The summed E-state index contributed by atoms with van der Waals surface area (Å²) < 4.78 is 10.2. The lowest BCUT2D eigenvalue weighted by Crippen LogP contribution is -2.15. The molecule has 0 saturated heterocycles. The Hall–Kier alpha value is -1.58. The summed E-state index contributed by atoms with van der Waals surface area (Å²) in [5, 5.41) is 0. The van der Waals surface area contributed by atoms with Crippen molar-refractivity contribution in [2.45, 2.75) is 72.1 Å². The minimum absolute atomic E-state index is 0.108. The molecule has 124 valence electrons. The number of esters is 1. The van der Waals surface area contributed by atoms with Crippen molar-refractivity contribution in [1.29, 1.82) is 0 Å². The molecule has 0 radical (unpaired) electrons. The average Bonchev–Trinajstić information content (AvgIpc) is 2.49. The van der Waals surface area contributed by atoms with Gasteiger partial charge in [-0.15, -0.1) is 0 Å². The zero-order chi connectivity index (χ0) is 16.4. The van der Waals surface area contributed by atoms with Gasteiger partial charge in [0.2, 0.25) is 5.76 Å². The third-order valence-corrected chi connectivity index (χ3v) is 3.70. The Balaban J connectivity index is 3.09. The third kappa shape index (κ3) is 5.66. The monoisotopic (exact) mass is 308 g/mol. The molecule has 1 heterocycles. The van der Waals surface area contributed by atoms with Gasteiger partial charge in [-0.25, -0.2) is 9.59 Å². The van der Waals surface area contributed by atoms with Crippen molar-refractivity contribution in [3.63, 3.8) is 0 Å². The van der Waals surface area contributed by atoms with Crippen LogP contribution in [0, 0.1) is 0 Å². The number of aryl methyl sites for hydroxylation is 1. The molecule has 1 rings (SSSR count). The molecule has 0 aliphatic heterocycles. The number of hydrogen-bond donors (Lipinski definition) is 0. The lowest BCUT2D eigenvalue weighted by atomic mass is 9.97. The Bertz CT molecular complexity index is 516. The Kier molecular flexibility index (Phi) is 8.56. The van der Waals surface area contributed by atoms with E-state index in [-0.39, 0.29) is 12.4 Å². The number of ether oxygens (including phenoxy) is 1. The largest absolute Gasteiger partial charge is 0.460 e. The smallest absolute Gasteiger partial charge is 0.374 e. The maximum absolute atomic E-state index is 12.1. The van der Waals surface area contributed by atoms with E-state index in [9.17, 15) is 9.59 Å². The summed E-state index contributed by atoms with van der Waals surface area (Å²) in [6, 6.07) is 1.54. The summed E-state index contributed by atoms with van der Waals surface area (Å²) in [7, 11) is 0. The van der Waals surface area contributed by atoms with Gasteiger partial charge in [0, 0.05) is 11.6 Å². The summed E-state index contributed by atoms with van der Waals surface area (Å²) >= 11 is 0. The molecule has 0 aromatic carbocycles. The van der Waals surface area contributed by atoms with E-state index < -0.39 is 11.6 Å². The normalized spacial score (nSPS) is 10.7. The molecule has 1 aromatic rings. The Labute approximate surface area is 132 Å². The fourth-order valence-corrected chi connectivity index (χ4v) is 2.54. The van der Waals surface area contributed by atoms with Gasteiger partial charge in [-0.05, 0) is 38.2 Å². The van der Waals surface area contributed by atoms with Crippen molar-refractivity contribution < 1.29 is 13.9 Å². The highest BCUT2D eigenvalue weighted by molar-refractivity contribution is 5.88. The summed E-state index contributed by atoms with van der Waals surface area (Å²) in [5.74, 6) is -0.416. The van der Waals surface area contributed by atoms with Gasteiger partial charge in [-0.3, -0.25) is 0 Å². The number of unbranched alkanes of at least 4 members (excludes halogenated alkanes) is 4. The van der Waals surface area contributed by atoms with E-state index in [4.69, 9.17) is 9.15 Å². The van der Waals surface area contributed by atoms with Gasteiger partial charge >= 0.3 is 11.6 Å². The number of carbonyl (C=O) groups is 1. The van der Waals surface area contributed by atoms with Crippen LogP contribution in [0.4, 0.5) is 0 Å². The quantitative estimate of drug-likeness (QED) is 0.478. The summed E-state index contributed by atoms with van der Waals surface area (Å²) in [4.78, 5) is 23.8. The fraction of sp³-hybridized carbons (Fsp3) is 0.667. The second-order valence-electron chi connectivity index (χ2n) is 5.53. The van der Waals surface area contributed by atoms with Crippen molar-refractivity contribution in [2.75, 3.05) is 6.61 Å². The second kappa shape index (κ2) is 10.2. The van der Waals surface area contributed by atoms with Crippen LogP contribution in [0.5, 0.6) is 0 Å². The van der Waals surface area contributed by atoms with Crippen LogP contribution in [0.25, 0.3) is 0 Å². The van der Waals surface area contributed by atoms with Gasteiger partial charge in [0.25, 0.3) is 0 Å². The molecule has 0 saturated carbocycles. The molecule has 0 fully saturated rings. The lowest BCUT2D eigenvalue weighted by molar-refractivity contribution is 0.0482. The molecule has 0 aliphatic carbocycles. The van der Waals surface area contributed by atoms with Crippen LogP contribution >= 0.6 is 0 Å². The van der Waals surface area contributed by atoms with Crippen LogP contribution in [0.2, 0.25) is 0 Å². The van der Waals surface area contributed by atoms with Gasteiger partial charge in [-0.2, -0.15) is 0 Å². The molecule has 1 aromatic heterocycles. The van der Waals surface area contributed by atoms with Gasteiger partial charge in [0.05, 0.1) is 6.61 Å². The fourth-order valence-electron chi connectivity index (χ4n) is 2.54. The third-order valence-electron chi connectivity index (χ3n) is 3.70. The molecule has 0 N–H and O–H groups in total. The molecule has 22 heavy (non-hydrogen) atoms. The summed E-state index contributed by atoms with van der Waals surface area (Å²) in [5.41, 5.74) is 1.35. The van der Waals surface area contributed by atoms with Gasteiger partial charge in [-0.1, -0.05) is 39.5 Å². The van der Waals surface area contributed by atoms with E-state index in [0.29, 0.717) is 0 Å². The number of carbonyl (C=O) groups excluding carboxylic acids is 1. The van der Waals surface area contributed by atoms with Crippen LogP contribution < -0.4 is 5.63 Å². The SMILES string of the molecule is CCCCCc1cc(=O)oc(C(=O)OCC)c1CCCCC. The van der Waals surface area contributed by atoms with Gasteiger partial charge in [0.1, 0.15) is 0 Å². The van der Waals surface area contributed by atoms with Crippen LogP contribution in [0.15, 0.2) is 15.3 Å². The van der Waals surface area contributed by atoms with Crippen molar-refractivity contribution in [3.8, 4) is 0 Å². The molecule has 0 amide bonds. The Morgan fingerprint density at radius 1 is 1.05 bits per heavy atom. The molecule has 0 atom stereocenters. The van der Waals surface area contributed by atoms with Crippen LogP contribution in [-0.4, -0.2) is 12.6 Å². The van der Waals surface area contributed by atoms with Gasteiger partial charge in [0.15, 0.2) is 0 Å². The van der Waals surface area contributed by atoms with Crippen molar-refractivity contribution in [1.82, 2.24) is 0 Å². The maximum Gasteiger partial charge on any atom is 0.374 e. The lowest BCUT2D eigenvalue weighted by Gasteiger charge is -2.12. The van der Waals surface area contributed by atoms with Crippen molar-refractivity contribution in [3.05, 3.63) is 33.4 Å². The van der Waals surface area contributed by atoms with Gasteiger partial charge < -0.3 is 9.15 Å². The molecule has 4 heteroatoms. The summed E-state index contributed by atoms with van der Waals surface area (Å²) in [6.07, 6.45) is 8.01. The molecule has 4 nitrogen and oxygen atoms in total. The molecule has 0 bridgehead atoms. The predicted molar refractivity (Wildman–Crippen MR) is 87.4 cm³/mol. The standard InChI is InChI=1S/C18H28O4/c1-4-7-9-11-14-13-16(19)22-17(18(20)21-6-3)15(14)12-10-8-5-2/h13H,4-12H2,1-3H3. The first kappa shape index (κ1) is 18.5. The molecule has 0 unspecified atom stereocenters. The summed E-state index contributed by atoms with van der Waals surface area (Å²) in [6.45, 7) is 6.31.